The van der Waals surface area contributed by atoms with E-state index in [2.05, 4.69) is 49.0 Å². The SMILES string of the molecule is CCCCCCCCCC[C@@H](O)CN(Cc1cnn(CCN(C)C)c1)C[C@H](O)CCCCCCCCCC. The molecule has 1 rings (SSSR count). The quantitative estimate of drug-likeness (QED) is 0.118. The average Bonchev–Trinajstić information content (AvgIpc) is 3.33. The summed E-state index contributed by atoms with van der Waals surface area (Å²) < 4.78 is 2.00. The fourth-order valence-corrected chi connectivity index (χ4v) is 5.18. The second-order valence-corrected chi connectivity index (χ2v) is 11.9. The van der Waals surface area contributed by atoms with Crippen LogP contribution in [0.3, 0.4) is 0 Å². The highest BCUT2D eigenvalue weighted by Crippen LogP contribution is 2.15. The molecule has 0 aromatic carbocycles. The van der Waals surface area contributed by atoms with Crippen molar-refractivity contribution in [2.45, 2.75) is 155 Å². The topological polar surface area (TPSA) is 64.8 Å². The monoisotopic (exact) mass is 537 g/mol. The number of aliphatic hydroxyl groups is 2. The summed E-state index contributed by atoms with van der Waals surface area (Å²) in [4.78, 5) is 4.41. The van der Waals surface area contributed by atoms with Crippen LogP contribution >= 0.6 is 0 Å². The molecule has 0 aliphatic carbocycles. The van der Waals surface area contributed by atoms with E-state index in [9.17, 15) is 10.2 Å². The molecular formula is C32H64N4O2. The van der Waals surface area contributed by atoms with Gasteiger partial charge >= 0.3 is 0 Å². The molecule has 38 heavy (non-hydrogen) atoms. The zero-order chi connectivity index (χ0) is 27.8. The van der Waals surface area contributed by atoms with Gasteiger partial charge < -0.3 is 15.1 Å². The van der Waals surface area contributed by atoms with Gasteiger partial charge in [-0.1, -0.05) is 117 Å². The molecule has 2 atom stereocenters. The minimum atomic E-state index is -0.339. The van der Waals surface area contributed by atoms with E-state index >= 15 is 0 Å². The number of nitrogens with zero attached hydrogens (tertiary/aromatic N) is 4. The van der Waals surface area contributed by atoms with Crippen molar-refractivity contribution < 1.29 is 10.2 Å². The largest absolute Gasteiger partial charge is 0.392 e. The van der Waals surface area contributed by atoms with Crippen LogP contribution in [-0.2, 0) is 13.1 Å². The maximum Gasteiger partial charge on any atom is 0.0667 e. The lowest BCUT2D eigenvalue weighted by Gasteiger charge is -2.27. The Morgan fingerprint density at radius 3 is 1.61 bits per heavy atom. The first-order chi connectivity index (χ1) is 18.4. The lowest BCUT2D eigenvalue weighted by Crippen LogP contribution is -2.37. The minimum absolute atomic E-state index is 0.339. The molecule has 0 saturated carbocycles. The number of hydrogen-bond acceptors (Lipinski definition) is 5. The van der Waals surface area contributed by atoms with E-state index in [0.717, 1.165) is 50.9 Å². The molecule has 1 aromatic rings. The van der Waals surface area contributed by atoms with Crippen LogP contribution in [0.15, 0.2) is 12.4 Å². The smallest absolute Gasteiger partial charge is 0.0667 e. The van der Waals surface area contributed by atoms with Crippen LogP contribution < -0.4 is 0 Å². The Morgan fingerprint density at radius 2 is 1.16 bits per heavy atom. The van der Waals surface area contributed by atoms with Crippen molar-refractivity contribution in [2.24, 2.45) is 0 Å². The molecule has 0 saturated heterocycles. The molecule has 6 heteroatoms. The molecule has 0 aliphatic heterocycles. The third-order valence-electron chi connectivity index (χ3n) is 7.59. The number of unbranched alkanes of at least 4 members (excludes halogenated alkanes) is 14. The van der Waals surface area contributed by atoms with Gasteiger partial charge in [0.1, 0.15) is 0 Å². The van der Waals surface area contributed by atoms with Gasteiger partial charge in [0.15, 0.2) is 0 Å². The normalized spacial score (nSPS) is 13.6. The van der Waals surface area contributed by atoms with Crippen LogP contribution in [0.25, 0.3) is 0 Å². The highest BCUT2D eigenvalue weighted by Gasteiger charge is 2.17. The van der Waals surface area contributed by atoms with Crippen molar-refractivity contribution in [3.63, 3.8) is 0 Å². The number of aromatic nitrogens is 2. The molecule has 2 N–H and O–H groups in total. The van der Waals surface area contributed by atoms with Crippen LogP contribution in [0.2, 0.25) is 0 Å². The highest BCUT2D eigenvalue weighted by atomic mass is 16.3. The Labute approximate surface area is 236 Å². The first kappa shape index (κ1) is 35.1. The molecule has 0 bridgehead atoms. The van der Waals surface area contributed by atoms with E-state index in [4.69, 9.17) is 0 Å². The summed E-state index contributed by atoms with van der Waals surface area (Å²) in [6.07, 6.45) is 25.6. The van der Waals surface area contributed by atoms with Gasteiger partial charge in [-0.25, -0.2) is 0 Å². The number of hydrogen-bond donors (Lipinski definition) is 2. The number of aliphatic hydroxyl groups excluding tert-OH is 2. The van der Waals surface area contributed by atoms with Gasteiger partial charge in [0, 0.05) is 37.9 Å². The van der Waals surface area contributed by atoms with Gasteiger partial charge in [-0.3, -0.25) is 9.58 Å². The zero-order valence-corrected chi connectivity index (χ0v) is 25.8. The second kappa shape index (κ2) is 23.9. The van der Waals surface area contributed by atoms with E-state index in [1.807, 2.05) is 10.9 Å². The molecule has 6 nitrogen and oxygen atoms in total. The third kappa shape index (κ3) is 20.0. The number of rotatable bonds is 27. The predicted octanol–water partition coefficient (Wildman–Crippen LogP) is 7.03. The zero-order valence-electron chi connectivity index (χ0n) is 25.8. The predicted molar refractivity (Wildman–Crippen MR) is 163 cm³/mol. The summed E-state index contributed by atoms with van der Waals surface area (Å²) in [6.45, 7) is 8.32. The second-order valence-electron chi connectivity index (χ2n) is 11.9. The summed E-state index contributed by atoms with van der Waals surface area (Å²) in [5, 5.41) is 26.2. The van der Waals surface area contributed by atoms with Crippen molar-refractivity contribution in [3.05, 3.63) is 18.0 Å². The Morgan fingerprint density at radius 1 is 0.711 bits per heavy atom. The molecule has 0 amide bonds. The van der Waals surface area contributed by atoms with Gasteiger partial charge in [-0.05, 0) is 26.9 Å². The first-order valence-corrected chi connectivity index (χ1v) is 16.2. The molecule has 0 fully saturated rings. The van der Waals surface area contributed by atoms with Crippen molar-refractivity contribution >= 4 is 0 Å². The lowest BCUT2D eigenvalue weighted by molar-refractivity contribution is 0.0567. The van der Waals surface area contributed by atoms with Crippen molar-refractivity contribution in [2.75, 3.05) is 33.7 Å². The standard InChI is InChI=1S/C32H64N4O2/c1-5-7-9-11-13-15-17-19-21-31(37)28-35(26-30-25-33-36(27-30)24-23-34(3)4)29-32(38)22-20-18-16-14-12-10-8-6-2/h25,27,31-32,37-38H,5-24,26,28-29H2,1-4H3/t31-,32-/m1/s1. The lowest BCUT2D eigenvalue weighted by atomic mass is 10.0. The Hall–Kier alpha value is -0.950. The maximum atomic E-state index is 10.8. The average molecular weight is 537 g/mol. The van der Waals surface area contributed by atoms with Crippen LogP contribution in [0.5, 0.6) is 0 Å². The van der Waals surface area contributed by atoms with Crippen LogP contribution in [0, 0.1) is 0 Å². The van der Waals surface area contributed by atoms with Crippen LogP contribution in [0.1, 0.15) is 135 Å². The Kier molecular flexibility index (Phi) is 22.1. The molecule has 0 aliphatic rings. The molecule has 1 aromatic heterocycles. The van der Waals surface area contributed by atoms with Gasteiger partial charge in [-0.2, -0.15) is 5.10 Å². The summed E-state index contributed by atoms with van der Waals surface area (Å²) in [7, 11) is 4.15. The highest BCUT2D eigenvalue weighted by molar-refractivity contribution is 5.04. The van der Waals surface area contributed by atoms with E-state index in [-0.39, 0.29) is 12.2 Å². The third-order valence-corrected chi connectivity index (χ3v) is 7.59. The maximum absolute atomic E-state index is 10.8. The Balaban J connectivity index is 2.45. The minimum Gasteiger partial charge on any atom is -0.392 e. The molecule has 1 heterocycles. The first-order valence-electron chi connectivity index (χ1n) is 16.2. The van der Waals surface area contributed by atoms with Crippen molar-refractivity contribution in [3.8, 4) is 0 Å². The van der Waals surface area contributed by atoms with Gasteiger partial charge in [0.2, 0.25) is 0 Å². The Bertz CT molecular complexity index is 609. The summed E-state index contributed by atoms with van der Waals surface area (Å²) >= 11 is 0. The van der Waals surface area contributed by atoms with Gasteiger partial charge in [0.25, 0.3) is 0 Å². The van der Waals surface area contributed by atoms with Crippen LogP contribution in [-0.4, -0.2) is 75.7 Å². The summed E-state index contributed by atoms with van der Waals surface area (Å²) in [5.41, 5.74) is 1.15. The van der Waals surface area contributed by atoms with Crippen LogP contribution in [0.4, 0.5) is 0 Å². The van der Waals surface area contributed by atoms with Crippen molar-refractivity contribution in [1.82, 2.24) is 19.6 Å². The van der Waals surface area contributed by atoms with E-state index < -0.39 is 0 Å². The van der Waals surface area contributed by atoms with Crippen molar-refractivity contribution in [1.29, 1.82) is 0 Å². The van der Waals surface area contributed by atoms with Gasteiger partial charge in [0.05, 0.1) is 24.9 Å². The van der Waals surface area contributed by atoms with E-state index in [1.54, 1.807) is 0 Å². The fourth-order valence-electron chi connectivity index (χ4n) is 5.18. The molecule has 0 spiro atoms. The molecule has 224 valence electrons. The van der Waals surface area contributed by atoms with E-state index in [0.29, 0.717) is 13.1 Å². The number of likely N-dealkylation sites (N-methyl/N-ethyl adjacent to an activating group) is 1. The fraction of sp³-hybridized carbons (Fsp3) is 0.906. The molecule has 0 radical (unpaired) electrons. The van der Waals surface area contributed by atoms with E-state index in [1.165, 1.54) is 89.9 Å². The molecule has 0 unspecified atom stereocenters. The summed E-state index contributed by atoms with van der Waals surface area (Å²) in [6, 6.07) is 0. The van der Waals surface area contributed by atoms with Gasteiger partial charge in [-0.15, -0.1) is 0 Å². The molecular weight excluding hydrogens is 472 g/mol. The summed E-state index contributed by atoms with van der Waals surface area (Å²) in [5.74, 6) is 0.